The zero-order valence-corrected chi connectivity index (χ0v) is 14.2. The van der Waals surface area contributed by atoms with E-state index in [-0.39, 0.29) is 23.5 Å². The number of nitrogens with zero attached hydrogens (tertiary/aromatic N) is 1. The predicted octanol–water partition coefficient (Wildman–Crippen LogP) is 3.98. The third kappa shape index (κ3) is 3.91. The van der Waals surface area contributed by atoms with Crippen LogP contribution in [0.1, 0.15) is 10.9 Å². The van der Waals surface area contributed by atoms with E-state index in [1.54, 1.807) is 4.90 Å². The normalized spacial score (nSPS) is 17.2. The minimum Gasteiger partial charge on any atom is -0.348 e. The van der Waals surface area contributed by atoms with Crippen molar-refractivity contribution in [2.45, 2.75) is 5.37 Å². The number of carbonyl (C=O) groups is 1. The Labute approximate surface area is 148 Å². The molecule has 1 aliphatic rings. The topological polar surface area (TPSA) is 32.3 Å². The highest BCUT2D eigenvalue weighted by Gasteiger charge is 2.33. The number of nitrogens with one attached hydrogen (secondary N) is 1. The Balaban J connectivity index is 1.71. The molecule has 0 aliphatic carbocycles. The number of hydrogen-bond donors (Lipinski definition) is 1. The number of benzene rings is 2. The van der Waals surface area contributed by atoms with Crippen molar-refractivity contribution in [3.05, 3.63) is 65.7 Å². The van der Waals surface area contributed by atoms with Crippen LogP contribution in [0.15, 0.2) is 48.5 Å². The van der Waals surface area contributed by atoms with Gasteiger partial charge in [0.15, 0.2) is 0 Å². The third-order valence-electron chi connectivity index (χ3n) is 3.51. The van der Waals surface area contributed by atoms with Gasteiger partial charge in [0.25, 0.3) is 0 Å². The van der Waals surface area contributed by atoms with Crippen LogP contribution in [-0.4, -0.2) is 28.1 Å². The number of rotatable bonds is 4. The molecule has 0 saturated carbocycles. The fraction of sp³-hybridized carbons (Fsp3) is 0.176. The lowest BCUT2D eigenvalue weighted by Gasteiger charge is -2.24. The van der Waals surface area contributed by atoms with E-state index in [2.05, 4.69) is 5.32 Å². The number of halogens is 2. The van der Waals surface area contributed by atoms with Crippen LogP contribution in [-0.2, 0) is 4.79 Å². The molecule has 1 amide bonds. The maximum atomic E-state index is 13.2. The fourth-order valence-electron chi connectivity index (χ4n) is 2.50. The lowest BCUT2D eigenvalue weighted by Crippen LogP contribution is -2.35. The number of thioether (sulfide) groups is 1. The summed E-state index contributed by atoms with van der Waals surface area (Å²) in [4.78, 5) is 14.2. The molecule has 124 valence electrons. The monoisotopic (exact) mass is 364 g/mol. The molecule has 0 spiro atoms. The summed E-state index contributed by atoms with van der Waals surface area (Å²) in [6.07, 6.45) is 0. The molecule has 7 heteroatoms. The predicted molar refractivity (Wildman–Crippen MR) is 95.9 cm³/mol. The van der Waals surface area contributed by atoms with Crippen molar-refractivity contribution < 1.29 is 13.6 Å². The lowest BCUT2D eigenvalue weighted by atomic mass is 10.2. The largest absolute Gasteiger partial charge is 0.348 e. The van der Waals surface area contributed by atoms with E-state index in [1.165, 1.54) is 11.8 Å². The third-order valence-corrected chi connectivity index (χ3v) is 5.00. The Morgan fingerprint density at radius 1 is 1.21 bits per heavy atom. The van der Waals surface area contributed by atoms with Crippen LogP contribution in [0, 0.1) is 11.6 Å². The second-order valence-electron chi connectivity index (χ2n) is 5.30. The molecule has 1 saturated heterocycles. The number of anilines is 1. The molecule has 1 atom stereocenters. The van der Waals surface area contributed by atoms with Gasteiger partial charge in [0, 0.05) is 11.8 Å². The van der Waals surface area contributed by atoms with Gasteiger partial charge in [0.1, 0.15) is 17.0 Å². The molecule has 0 aromatic heterocycles. The molecule has 0 bridgehead atoms. The van der Waals surface area contributed by atoms with E-state index >= 15 is 0 Å². The molecule has 24 heavy (non-hydrogen) atoms. The number of hydrogen-bond acceptors (Lipinski definition) is 3. The van der Waals surface area contributed by atoms with Gasteiger partial charge in [-0.3, -0.25) is 4.79 Å². The van der Waals surface area contributed by atoms with Gasteiger partial charge in [-0.2, -0.15) is 0 Å². The number of amides is 1. The van der Waals surface area contributed by atoms with Gasteiger partial charge in [-0.05, 0) is 17.7 Å². The Bertz CT molecular complexity index is 750. The molecule has 3 rings (SSSR count). The highest BCUT2D eigenvalue weighted by Crippen LogP contribution is 2.38. The van der Waals surface area contributed by atoms with Gasteiger partial charge in [-0.15, -0.1) is 11.8 Å². The van der Waals surface area contributed by atoms with Crippen molar-refractivity contribution in [1.29, 1.82) is 0 Å². The fourth-order valence-corrected chi connectivity index (χ4v) is 3.94. The average Bonchev–Trinajstić information content (AvgIpc) is 2.88. The summed E-state index contributed by atoms with van der Waals surface area (Å²) in [7, 11) is 0. The first-order valence-corrected chi connectivity index (χ1v) is 8.70. The summed E-state index contributed by atoms with van der Waals surface area (Å²) < 4.78 is 26.5. The second-order valence-corrected chi connectivity index (χ2v) is 6.86. The van der Waals surface area contributed by atoms with Gasteiger partial charge >= 0.3 is 0 Å². The first kappa shape index (κ1) is 16.9. The summed E-state index contributed by atoms with van der Waals surface area (Å²) in [5.41, 5.74) is 1.25. The zero-order chi connectivity index (χ0) is 17.1. The summed E-state index contributed by atoms with van der Waals surface area (Å²) in [5.74, 6) is -0.995. The molecule has 1 aliphatic heterocycles. The van der Waals surface area contributed by atoms with Crippen molar-refractivity contribution in [2.24, 2.45) is 0 Å². The highest BCUT2D eigenvalue weighted by atomic mass is 32.2. The first-order chi connectivity index (χ1) is 11.5. The Kier molecular flexibility index (Phi) is 5.11. The zero-order valence-electron chi connectivity index (χ0n) is 12.5. The van der Waals surface area contributed by atoms with Crippen LogP contribution in [0.3, 0.4) is 0 Å². The van der Waals surface area contributed by atoms with Crippen LogP contribution >= 0.6 is 24.0 Å². The quantitative estimate of drug-likeness (QED) is 0.832. The maximum absolute atomic E-state index is 13.2. The molecule has 2 aromatic rings. The van der Waals surface area contributed by atoms with Crippen molar-refractivity contribution in [3.63, 3.8) is 0 Å². The van der Waals surface area contributed by atoms with Gasteiger partial charge in [-0.25, -0.2) is 8.78 Å². The van der Waals surface area contributed by atoms with E-state index in [4.69, 9.17) is 12.2 Å². The van der Waals surface area contributed by atoms with Crippen LogP contribution in [0.4, 0.5) is 14.5 Å². The van der Waals surface area contributed by atoms with Crippen LogP contribution in [0.5, 0.6) is 0 Å². The van der Waals surface area contributed by atoms with Crippen LogP contribution in [0.2, 0.25) is 0 Å². The SMILES string of the molecule is O=C1CSC(c2ccccc2)N1CC(=S)Nc1cc(F)cc(F)c1. The van der Waals surface area contributed by atoms with Gasteiger partial charge in [0.05, 0.1) is 17.3 Å². The molecule has 0 radical (unpaired) electrons. The summed E-state index contributed by atoms with van der Waals surface area (Å²) in [5, 5.41) is 2.68. The number of carbonyl (C=O) groups excluding carboxylic acids is 1. The minimum absolute atomic E-state index is 0.0107. The first-order valence-electron chi connectivity index (χ1n) is 7.25. The van der Waals surface area contributed by atoms with E-state index in [0.717, 1.165) is 23.8 Å². The van der Waals surface area contributed by atoms with Crippen molar-refractivity contribution in [3.8, 4) is 0 Å². The summed E-state index contributed by atoms with van der Waals surface area (Å²) >= 11 is 6.79. The Morgan fingerprint density at radius 3 is 2.54 bits per heavy atom. The summed E-state index contributed by atoms with van der Waals surface area (Å²) in [6, 6.07) is 12.8. The van der Waals surface area contributed by atoms with Crippen molar-refractivity contribution in [2.75, 3.05) is 17.6 Å². The van der Waals surface area contributed by atoms with Crippen molar-refractivity contribution >= 4 is 40.6 Å². The van der Waals surface area contributed by atoms with Gasteiger partial charge in [-0.1, -0.05) is 42.5 Å². The van der Waals surface area contributed by atoms with Crippen LogP contribution < -0.4 is 5.32 Å². The van der Waals surface area contributed by atoms with E-state index in [9.17, 15) is 13.6 Å². The molecule has 1 heterocycles. The van der Waals surface area contributed by atoms with Crippen LogP contribution in [0.25, 0.3) is 0 Å². The van der Waals surface area contributed by atoms with Crippen molar-refractivity contribution in [1.82, 2.24) is 4.90 Å². The minimum atomic E-state index is -0.685. The van der Waals surface area contributed by atoms with Gasteiger partial charge in [0.2, 0.25) is 5.91 Å². The molecule has 3 nitrogen and oxygen atoms in total. The molecule has 2 aromatic carbocycles. The smallest absolute Gasteiger partial charge is 0.234 e. The molecule has 1 N–H and O–H groups in total. The number of thiocarbonyl (C=S) groups is 1. The second kappa shape index (κ2) is 7.27. The Morgan fingerprint density at radius 2 is 1.88 bits per heavy atom. The van der Waals surface area contributed by atoms with E-state index in [1.807, 2.05) is 30.3 Å². The lowest BCUT2D eigenvalue weighted by molar-refractivity contribution is -0.127. The summed E-state index contributed by atoms with van der Waals surface area (Å²) in [6.45, 7) is 0.193. The highest BCUT2D eigenvalue weighted by molar-refractivity contribution is 8.00. The van der Waals surface area contributed by atoms with E-state index in [0.29, 0.717) is 10.7 Å². The Hall–Kier alpha value is -1.99. The molecular weight excluding hydrogens is 350 g/mol. The molecule has 1 unspecified atom stereocenters. The average molecular weight is 364 g/mol. The standard InChI is InChI=1S/C17H14F2N2OS2/c18-12-6-13(19)8-14(7-12)20-15(23)9-21-16(22)10-24-17(21)11-4-2-1-3-5-11/h1-8,17H,9-10H2,(H,20,23). The molecular formula is C17H14F2N2OS2. The van der Waals surface area contributed by atoms with Gasteiger partial charge < -0.3 is 10.2 Å². The molecule has 1 fully saturated rings. The van der Waals surface area contributed by atoms with E-state index < -0.39 is 11.6 Å². The maximum Gasteiger partial charge on any atom is 0.234 e.